The number of aromatic nitrogens is 3. The van der Waals surface area contributed by atoms with Crippen molar-refractivity contribution in [2.75, 3.05) is 18.0 Å². The average Bonchev–Trinajstić information content (AvgIpc) is 3.22. The number of halogens is 1. The second-order valence-electron chi connectivity index (χ2n) is 8.54. The SMILES string of the molecule is Cc1ccc(-c2cc(O)c(-c3ccc(N4CC[C@@H](NC5CCC5)C4)nn3)cc2F)cn1. The van der Waals surface area contributed by atoms with Gasteiger partial charge >= 0.3 is 0 Å². The van der Waals surface area contributed by atoms with Crippen LogP contribution in [0, 0.1) is 12.7 Å². The van der Waals surface area contributed by atoms with E-state index in [0.717, 1.165) is 31.0 Å². The quantitative estimate of drug-likeness (QED) is 0.649. The van der Waals surface area contributed by atoms with Crippen molar-refractivity contribution in [2.45, 2.75) is 44.7 Å². The third-order valence-electron chi connectivity index (χ3n) is 6.32. The van der Waals surface area contributed by atoms with Crippen LogP contribution in [-0.4, -0.2) is 45.5 Å². The molecule has 6 nitrogen and oxygen atoms in total. The van der Waals surface area contributed by atoms with Crippen molar-refractivity contribution in [1.29, 1.82) is 0 Å². The van der Waals surface area contributed by atoms with Crippen LogP contribution in [0.25, 0.3) is 22.4 Å². The molecule has 5 rings (SSSR count). The lowest BCUT2D eigenvalue weighted by Crippen LogP contribution is -2.43. The van der Waals surface area contributed by atoms with E-state index in [-0.39, 0.29) is 5.75 Å². The molecule has 0 unspecified atom stereocenters. The van der Waals surface area contributed by atoms with Gasteiger partial charge in [0.2, 0.25) is 0 Å². The number of pyridine rings is 1. The summed E-state index contributed by atoms with van der Waals surface area (Å²) < 4.78 is 14.8. The molecule has 0 spiro atoms. The van der Waals surface area contributed by atoms with Crippen molar-refractivity contribution in [3.63, 3.8) is 0 Å². The van der Waals surface area contributed by atoms with Crippen LogP contribution in [0.5, 0.6) is 5.75 Å². The number of nitrogens with zero attached hydrogens (tertiary/aromatic N) is 4. The number of hydrogen-bond donors (Lipinski definition) is 2. The van der Waals surface area contributed by atoms with E-state index in [1.165, 1.54) is 31.4 Å². The summed E-state index contributed by atoms with van der Waals surface area (Å²) in [6.07, 6.45) is 6.60. The van der Waals surface area contributed by atoms with E-state index in [9.17, 15) is 9.50 Å². The molecule has 31 heavy (non-hydrogen) atoms. The van der Waals surface area contributed by atoms with Crippen molar-refractivity contribution in [2.24, 2.45) is 0 Å². The number of phenolic OH excluding ortho intramolecular Hbond substituents is 1. The van der Waals surface area contributed by atoms with Gasteiger partial charge in [-0.05, 0) is 56.5 Å². The van der Waals surface area contributed by atoms with Crippen LogP contribution in [0.2, 0.25) is 0 Å². The lowest BCUT2D eigenvalue weighted by molar-refractivity contribution is 0.311. The Morgan fingerprint density at radius 2 is 1.90 bits per heavy atom. The molecular weight excluding hydrogens is 393 g/mol. The minimum atomic E-state index is -0.436. The van der Waals surface area contributed by atoms with E-state index in [2.05, 4.69) is 25.4 Å². The van der Waals surface area contributed by atoms with Gasteiger partial charge in [0, 0.05) is 53.8 Å². The van der Waals surface area contributed by atoms with Gasteiger partial charge < -0.3 is 15.3 Å². The Balaban J connectivity index is 1.32. The first-order valence-corrected chi connectivity index (χ1v) is 10.9. The first kappa shape index (κ1) is 19.9. The highest BCUT2D eigenvalue weighted by atomic mass is 19.1. The standard InChI is InChI=1S/C24H26FN5O/c1-15-5-6-16(13-26-15)19-12-23(31)20(11-21(19)25)22-7-8-24(29-28-22)30-10-9-18(14-30)27-17-3-2-4-17/h5-8,11-13,17-18,27,31H,2-4,9-10,14H2,1H3/t18-/m1/s1. The monoisotopic (exact) mass is 419 g/mol. The van der Waals surface area contributed by atoms with E-state index in [1.807, 2.05) is 19.1 Å². The summed E-state index contributed by atoms with van der Waals surface area (Å²) >= 11 is 0. The largest absolute Gasteiger partial charge is 0.507 e. The minimum absolute atomic E-state index is 0.0371. The zero-order chi connectivity index (χ0) is 21.4. The molecule has 1 aromatic carbocycles. The molecule has 0 amide bonds. The van der Waals surface area contributed by atoms with Gasteiger partial charge in [-0.25, -0.2) is 4.39 Å². The predicted octanol–water partition coefficient (Wildman–Crippen LogP) is 4.08. The Bertz CT molecular complexity index is 1070. The molecule has 2 aromatic heterocycles. The summed E-state index contributed by atoms with van der Waals surface area (Å²) in [4.78, 5) is 6.43. The number of aromatic hydroxyl groups is 1. The number of hydrogen-bond acceptors (Lipinski definition) is 6. The Morgan fingerprint density at radius 3 is 2.58 bits per heavy atom. The highest BCUT2D eigenvalue weighted by Gasteiger charge is 2.28. The summed E-state index contributed by atoms with van der Waals surface area (Å²) in [6.45, 7) is 3.73. The smallest absolute Gasteiger partial charge is 0.151 e. The molecule has 7 heteroatoms. The van der Waals surface area contributed by atoms with Crippen molar-refractivity contribution in [1.82, 2.24) is 20.5 Å². The first-order valence-electron chi connectivity index (χ1n) is 10.9. The van der Waals surface area contributed by atoms with E-state index in [0.29, 0.717) is 34.5 Å². The van der Waals surface area contributed by atoms with Gasteiger partial charge in [-0.2, -0.15) is 0 Å². The normalized spacial score (nSPS) is 18.9. The second kappa shape index (κ2) is 8.23. The molecule has 1 saturated heterocycles. The maximum absolute atomic E-state index is 14.8. The molecule has 2 N–H and O–H groups in total. The number of anilines is 1. The van der Waals surface area contributed by atoms with Crippen molar-refractivity contribution < 1.29 is 9.50 Å². The average molecular weight is 420 g/mol. The Labute approximate surface area is 181 Å². The maximum atomic E-state index is 14.8. The van der Waals surface area contributed by atoms with Crippen LogP contribution in [-0.2, 0) is 0 Å². The van der Waals surface area contributed by atoms with Gasteiger partial charge in [-0.15, -0.1) is 10.2 Å². The fraction of sp³-hybridized carbons (Fsp3) is 0.375. The van der Waals surface area contributed by atoms with Crippen LogP contribution in [0.3, 0.4) is 0 Å². The molecule has 160 valence electrons. The van der Waals surface area contributed by atoms with Gasteiger partial charge in [0.05, 0.1) is 5.69 Å². The predicted molar refractivity (Wildman–Crippen MR) is 118 cm³/mol. The number of phenols is 1. The molecule has 2 fully saturated rings. The fourth-order valence-electron chi connectivity index (χ4n) is 4.27. The third-order valence-corrected chi connectivity index (χ3v) is 6.32. The lowest BCUT2D eigenvalue weighted by atomic mass is 9.92. The number of nitrogens with one attached hydrogen (secondary N) is 1. The van der Waals surface area contributed by atoms with E-state index in [4.69, 9.17) is 0 Å². The Morgan fingerprint density at radius 1 is 1.03 bits per heavy atom. The zero-order valence-corrected chi connectivity index (χ0v) is 17.6. The topological polar surface area (TPSA) is 74.2 Å². The molecule has 1 atom stereocenters. The highest BCUT2D eigenvalue weighted by molar-refractivity contribution is 5.74. The number of benzene rings is 1. The summed E-state index contributed by atoms with van der Waals surface area (Å²) in [5.74, 6) is 0.336. The van der Waals surface area contributed by atoms with Gasteiger partial charge in [0.15, 0.2) is 5.82 Å². The third kappa shape index (κ3) is 4.10. The minimum Gasteiger partial charge on any atom is -0.507 e. The molecule has 0 bridgehead atoms. The van der Waals surface area contributed by atoms with Crippen LogP contribution in [0.15, 0.2) is 42.6 Å². The number of aryl methyl sites for hydroxylation is 1. The molecule has 1 aliphatic carbocycles. The molecule has 3 aromatic rings. The molecular formula is C24H26FN5O. The van der Waals surface area contributed by atoms with Crippen molar-refractivity contribution in [3.8, 4) is 28.1 Å². The molecule has 3 heterocycles. The second-order valence-corrected chi connectivity index (χ2v) is 8.54. The van der Waals surface area contributed by atoms with Crippen LogP contribution in [0.4, 0.5) is 10.2 Å². The first-order chi connectivity index (χ1) is 15.1. The molecule has 1 aliphatic heterocycles. The molecule has 0 radical (unpaired) electrons. The lowest BCUT2D eigenvalue weighted by Gasteiger charge is -2.29. The Kier molecular flexibility index (Phi) is 5.28. The number of rotatable bonds is 5. The van der Waals surface area contributed by atoms with Crippen LogP contribution < -0.4 is 10.2 Å². The van der Waals surface area contributed by atoms with Gasteiger partial charge in [0.1, 0.15) is 11.6 Å². The van der Waals surface area contributed by atoms with Gasteiger partial charge in [-0.3, -0.25) is 4.98 Å². The van der Waals surface area contributed by atoms with Crippen LogP contribution in [0.1, 0.15) is 31.4 Å². The van der Waals surface area contributed by atoms with Gasteiger partial charge in [-0.1, -0.05) is 12.5 Å². The van der Waals surface area contributed by atoms with E-state index < -0.39 is 5.82 Å². The summed E-state index contributed by atoms with van der Waals surface area (Å²) in [5.41, 5.74) is 2.54. The highest BCUT2D eigenvalue weighted by Crippen LogP contribution is 2.35. The summed E-state index contributed by atoms with van der Waals surface area (Å²) in [5, 5.41) is 22.9. The molecule has 2 aliphatic rings. The van der Waals surface area contributed by atoms with E-state index in [1.54, 1.807) is 18.3 Å². The van der Waals surface area contributed by atoms with Crippen molar-refractivity contribution >= 4 is 5.82 Å². The van der Waals surface area contributed by atoms with E-state index >= 15 is 0 Å². The summed E-state index contributed by atoms with van der Waals surface area (Å²) in [6, 6.07) is 11.2. The van der Waals surface area contributed by atoms with Crippen molar-refractivity contribution in [3.05, 3.63) is 54.1 Å². The maximum Gasteiger partial charge on any atom is 0.151 e. The summed E-state index contributed by atoms with van der Waals surface area (Å²) in [7, 11) is 0. The van der Waals surface area contributed by atoms with Gasteiger partial charge in [0.25, 0.3) is 0 Å². The Hall–Kier alpha value is -3.06. The van der Waals surface area contributed by atoms with Crippen LogP contribution >= 0.6 is 0 Å². The molecule has 1 saturated carbocycles. The zero-order valence-electron chi connectivity index (χ0n) is 17.6. The fourth-order valence-corrected chi connectivity index (χ4v) is 4.27.